The van der Waals surface area contributed by atoms with Crippen molar-refractivity contribution in [1.82, 2.24) is 4.90 Å². The molecule has 0 aliphatic carbocycles. The number of nitrogens with zero attached hydrogens (tertiary/aromatic N) is 1. The molecule has 0 aromatic carbocycles. The molecule has 0 spiro atoms. The zero-order valence-corrected chi connectivity index (χ0v) is 11.8. The van der Waals surface area contributed by atoms with Crippen LogP contribution in [-0.4, -0.2) is 42.3 Å². The van der Waals surface area contributed by atoms with Gasteiger partial charge in [0.1, 0.15) is 5.78 Å². The Kier molecular flexibility index (Phi) is 6.53. The molecule has 0 aliphatic heterocycles. The maximum Gasteiger partial charge on any atom is 0.139 e. The highest BCUT2D eigenvalue weighted by Crippen LogP contribution is 2.17. The van der Waals surface area contributed by atoms with Gasteiger partial charge >= 0.3 is 0 Å². The second-order valence-corrected chi connectivity index (χ2v) is 6.12. The summed E-state index contributed by atoms with van der Waals surface area (Å²) >= 11 is 1.85. The standard InChI is InChI=1S/C12H25NOS/c1-10(9-15-6)13(5)8-7-11(14)12(2,3)4/h10H,7-9H2,1-6H3. The Morgan fingerprint density at radius 1 is 1.40 bits per heavy atom. The predicted molar refractivity (Wildman–Crippen MR) is 69.6 cm³/mol. The van der Waals surface area contributed by atoms with Crippen molar-refractivity contribution in [3.05, 3.63) is 0 Å². The summed E-state index contributed by atoms with van der Waals surface area (Å²) in [5, 5.41) is 0. The first-order valence-corrected chi connectivity index (χ1v) is 6.91. The average Bonchev–Trinajstić information content (AvgIpc) is 2.12. The molecule has 0 bridgehead atoms. The molecule has 0 aromatic heterocycles. The number of carbonyl (C=O) groups is 1. The molecule has 0 rings (SSSR count). The van der Waals surface area contributed by atoms with E-state index >= 15 is 0 Å². The maximum atomic E-state index is 11.7. The highest BCUT2D eigenvalue weighted by atomic mass is 32.2. The molecule has 0 saturated carbocycles. The number of thioether (sulfide) groups is 1. The Morgan fingerprint density at radius 2 is 1.93 bits per heavy atom. The van der Waals surface area contributed by atoms with E-state index in [4.69, 9.17) is 0 Å². The van der Waals surface area contributed by atoms with Crippen molar-refractivity contribution >= 4 is 17.5 Å². The van der Waals surface area contributed by atoms with Crippen LogP contribution in [0.2, 0.25) is 0 Å². The maximum absolute atomic E-state index is 11.7. The third-order valence-electron chi connectivity index (χ3n) is 2.69. The molecule has 90 valence electrons. The summed E-state index contributed by atoms with van der Waals surface area (Å²) in [7, 11) is 2.09. The van der Waals surface area contributed by atoms with E-state index in [2.05, 4.69) is 25.1 Å². The van der Waals surface area contributed by atoms with Crippen LogP contribution in [0.25, 0.3) is 0 Å². The molecular formula is C12H25NOS. The quantitative estimate of drug-likeness (QED) is 0.701. The second kappa shape index (κ2) is 6.54. The van der Waals surface area contributed by atoms with Gasteiger partial charge in [0.2, 0.25) is 0 Å². The fraction of sp³-hybridized carbons (Fsp3) is 0.917. The summed E-state index contributed by atoms with van der Waals surface area (Å²) < 4.78 is 0. The topological polar surface area (TPSA) is 20.3 Å². The Hall–Kier alpha value is -0.0200. The van der Waals surface area contributed by atoms with E-state index < -0.39 is 0 Å². The molecule has 0 radical (unpaired) electrons. The number of carbonyl (C=O) groups excluding carboxylic acids is 1. The summed E-state index contributed by atoms with van der Waals surface area (Å²) in [6.45, 7) is 9.04. The first-order valence-electron chi connectivity index (χ1n) is 5.51. The van der Waals surface area contributed by atoms with Crippen molar-refractivity contribution in [2.75, 3.05) is 25.6 Å². The lowest BCUT2D eigenvalue weighted by molar-refractivity contribution is -0.126. The molecule has 1 unspecified atom stereocenters. The van der Waals surface area contributed by atoms with Crippen LogP contribution in [0, 0.1) is 5.41 Å². The molecule has 0 N–H and O–H groups in total. The van der Waals surface area contributed by atoms with Crippen molar-refractivity contribution < 1.29 is 4.79 Å². The third kappa shape index (κ3) is 6.21. The van der Waals surface area contributed by atoms with Gasteiger partial charge in [0.05, 0.1) is 0 Å². The molecule has 0 aromatic rings. The van der Waals surface area contributed by atoms with Crippen LogP contribution in [0.15, 0.2) is 0 Å². The number of Topliss-reactive ketones (excluding diaryl/α,β-unsaturated/α-hetero) is 1. The van der Waals surface area contributed by atoms with Crippen molar-refractivity contribution in [1.29, 1.82) is 0 Å². The predicted octanol–water partition coefficient (Wildman–Crippen LogP) is 2.68. The summed E-state index contributed by atoms with van der Waals surface area (Å²) in [6.07, 6.45) is 2.78. The zero-order valence-electron chi connectivity index (χ0n) is 11.0. The number of rotatable bonds is 6. The zero-order chi connectivity index (χ0) is 12.1. The van der Waals surface area contributed by atoms with E-state index in [1.807, 2.05) is 32.5 Å². The number of hydrogen-bond donors (Lipinski definition) is 0. The summed E-state index contributed by atoms with van der Waals surface area (Å²) in [4.78, 5) is 14.0. The molecule has 0 fully saturated rings. The Morgan fingerprint density at radius 3 is 2.33 bits per heavy atom. The minimum absolute atomic E-state index is 0.191. The molecular weight excluding hydrogens is 206 g/mol. The summed E-state index contributed by atoms with van der Waals surface area (Å²) in [5.41, 5.74) is -0.191. The van der Waals surface area contributed by atoms with Crippen LogP contribution in [0.3, 0.4) is 0 Å². The van der Waals surface area contributed by atoms with Crippen molar-refractivity contribution in [2.45, 2.75) is 40.2 Å². The number of hydrogen-bond acceptors (Lipinski definition) is 3. The van der Waals surface area contributed by atoms with E-state index in [0.717, 1.165) is 12.3 Å². The van der Waals surface area contributed by atoms with Crippen molar-refractivity contribution in [2.24, 2.45) is 5.41 Å². The van der Waals surface area contributed by atoms with Gasteiger partial charge in [-0.3, -0.25) is 4.79 Å². The smallest absolute Gasteiger partial charge is 0.139 e. The Balaban J connectivity index is 3.90. The summed E-state index contributed by atoms with van der Waals surface area (Å²) in [5.74, 6) is 1.48. The molecule has 1 atom stereocenters. The van der Waals surface area contributed by atoms with Gasteiger partial charge in [0.25, 0.3) is 0 Å². The fourth-order valence-corrected chi connectivity index (χ4v) is 1.98. The lowest BCUT2D eigenvalue weighted by Gasteiger charge is -2.25. The minimum Gasteiger partial charge on any atom is -0.302 e. The lowest BCUT2D eigenvalue weighted by atomic mass is 9.89. The highest BCUT2D eigenvalue weighted by molar-refractivity contribution is 7.98. The fourth-order valence-electron chi connectivity index (χ4n) is 1.24. The van der Waals surface area contributed by atoms with Crippen LogP contribution >= 0.6 is 11.8 Å². The SMILES string of the molecule is CSCC(C)N(C)CCC(=O)C(C)(C)C. The largest absolute Gasteiger partial charge is 0.302 e. The van der Waals surface area contributed by atoms with Gasteiger partial charge < -0.3 is 4.90 Å². The van der Waals surface area contributed by atoms with E-state index in [1.54, 1.807) is 0 Å². The van der Waals surface area contributed by atoms with Gasteiger partial charge in [-0.25, -0.2) is 0 Å². The van der Waals surface area contributed by atoms with Gasteiger partial charge in [-0.2, -0.15) is 11.8 Å². The highest BCUT2D eigenvalue weighted by Gasteiger charge is 2.21. The Bertz CT molecular complexity index is 198. The first kappa shape index (κ1) is 15.0. The van der Waals surface area contributed by atoms with Gasteiger partial charge in [-0.05, 0) is 20.2 Å². The molecule has 15 heavy (non-hydrogen) atoms. The van der Waals surface area contributed by atoms with Crippen molar-refractivity contribution in [3.63, 3.8) is 0 Å². The van der Waals surface area contributed by atoms with Crippen LogP contribution in [0.1, 0.15) is 34.1 Å². The van der Waals surface area contributed by atoms with E-state index in [1.165, 1.54) is 0 Å². The van der Waals surface area contributed by atoms with E-state index in [0.29, 0.717) is 18.2 Å². The number of ketones is 1. The summed E-state index contributed by atoms with van der Waals surface area (Å²) in [6, 6.07) is 0.549. The normalized spacial score (nSPS) is 14.3. The molecule has 0 saturated heterocycles. The average molecular weight is 231 g/mol. The molecule has 0 amide bonds. The third-order valence-corrected chi connectivity index (χ3v) is 3.50. The lowest BCUT2D eigenvalue weighted by Crippen LogP contribution is -2.34. The monoisotopic (exact) mass is 231 g/mol. The van der Waals surface area contributed by atoms with Crippen LogP contribution in [-0.2, 0) is 4.79 Å². The van der Waals surface area contributed by atoms with Gasteiger partial charge in [0.15, 0.2) is 0 Å². The molecule has 0 heterocycles. The van der Waals surface area contributed by atoms with Crippen molar-refractivity contribution in [3.8, 4) is 0 Å². The first-order chi connectivity index (χ1) is 6.79. The molecule has 3 heteroatoms. The second-order valence-electron chi connectivity index (χ2n) is 5.21. The Labute approximate surface area is 98.8 Å². The molecule has 2 nitrogen and oxygen atoms in total. The van der Waals surface area contributed by atoms with Gasteiger partial charge in [0, 0.05) is 30.2 Å². The van der Waals surface area contributed by atoms with Crippen LogP contribution in [0.4, 0.5) is 0 Å². The van der Waals surface area contributed by atoms with Crippen LogP contribution < -0.4 is 0 Å². The minimum atomic E-state index is -0.191. The van der Waals surface area contributed by atoms with E-state index in [9.17, 15) is 4.79 Å². The van der Waals surface area contributed by atoms with Gasteiger partial charge in [-0.1, -0.05) is 20.8 Å². The molecule has 0 aliphatic rings. The van der Waals surface area contributed by atoms with E-state index in [-0.39, 0.29) is 5.41 Å². The van der Waals surface area contributed by atoms with Gasteiger partial charge in [-0.15, -0.1) is 0 Å². The van der Waals surface area contributed by atoms with Crippen LogP contribution in [0.5, 0.6) is 0 Å².